The molecule has 2 heterocycles. The van der Waals surface area contributed by atoms with E-state index in [0.29, 0.717) is 29.3 Å². The van der Waals surface area contributed by atoms with Gasteiger partial charge in [0, 0.05) is 17.9 Å². The highest BCUT2D eigenvalue weighted by molar-refractivity contribution is 7.13. The van der Waals surface area contributed by atoms with Crippen molar-refractivity contribution in [2.45, 2.75) is 18.9 Å². The normalized spacial score (nSPS) is 15.7. The number of amides is 3. The minimum Gasteiger partial charge on any atom is -0.320 e. The number of urea groups is 1. The van der Waals surface area contributed by atoms with Gasteiger partial charge < -0.3 is 15.5 Å². The van der Waals surface area contributed by atoms with Gasteiger partial charge in [0.1, 0.15) is 16.6 Å². The molecular formula is C20H16ClF2N5O2S. The van der Waals surface area contributed by atoms with Crippen LogP contribution in [0.3, 0.4) is 0 Å². The highest BCUT2D eigenvalue weighted by atomic mass is 35.5. The maximum Gasteiger partial charge on any atom is 0.322 e. The predicted molar refractivity (Wildman–Crippen MR) is 113 cm³/mol. The fraction of sp³-hybridized carbons (Fsp3) is 0.200. The van der Waals surface area contributed by atoms with Crippen LogP contribution in [-0.4, -0.2) is 33.6 Å². The number of nitrogens with one attached hydrogen (secondary N) is 2. The van der Waals surface area contributed by atoms with E-state index in [1.54, 1.807) is 11.0 Å². The first-order valence-electron chi connectivity index (χ1n) is 9.34. The minimum atomic E-state index is -0.573. The van der Waals surface area contributed by atoms with Crippen molar-refractivity contribution < 1.29 is 18.4 Å². The molecule has 2 aromatic carbocycles. The van der Waals surface area contributed by atoms with Gasteiger partial charge in [0.25, 0.3) is 5.91 Å². The van der Waals surface area contributed by atoms with Gasteiger partial charge in [0.05, 0.1) is 11.1 Å². The fourth-order valence-electron chi connectivity index (χ4n) is 3.25. The first-order valence-corrected chi connectivity index (χ1v) is 10.5. The molecule has 1 aliphatic heterocycles. The minimum absolute atomic E-state index is 0.0890. The highest BCUT2D eigenvalue weighted by Gasteiger charge is 2.33. The first-order chi connectivity index (χ1) is 14.9. The van der Waals surface area contributed by atoms with E-state index in [4.69, 9.17) is 11.6 Å². The van der Waals surface area contributed by atoms with Gasteiger partial charge >= 0.3 is 6.03 Å². The Morgan fingerprint density at radius 3 is 2.68 bits per heavy atom. The van der Waals surface area contributed by atoms with Crippen molar-refractivity contribution in [1.29, 1.82) is 0 Å². The Morgan fingerprint density at radius 1 is 1.10 bits per heavy atom. The number of anilines is 2. The summed E-state index contributed by atoms with van der Waals surface area (Å²) in [6, 6.07) is 8.73. The number of hydrogen-bond acceptors (Lipinski definition) is 5. The summed E-state index contributed by atoms with van der Waals surface area (Å²) in [5, 5.41) is 13.8. The van der Waals surface area contributed by atoms with Gasteiger partial charge in [-0.15, -0.1) is 10.2 Å². The summed E-state index contributed by atoms with van der Waals surface area (Å²) in [6.45, 7) is 0.496. The number of carbonyl (C=O) groups is 2. The maximum absolute atomic E-state index is 13.3. The lowest BCUT2D eigenvalue weighted by Gasteiger charge is -2.23. The number of likely N-dealkylation sites (tertiary alicyclic amines) is 1. The fourth-order valence-corrected chi connectivity index (χ4v) is 4.31. The van der Waals surface area contributed by atoms with Crippen molar-refractivity contribution in [3.63, 3.8) is 0 Å². The smallest absolute Gasteiger partial charge is 0.320 e. The number of aromatic nitrogens is 2. The van der Waals surface area contributed by atoms with Crippen LogP contribution in [0, 0.1) is 11.6 Å². The SMILES string of the molecule is O=C(Nc1cccc(F)c1)c1nnc(C2CCCN2C(=O)Nc2ccc(F)c(Cl)c2)s1. The molecule has 7 nitrogen and oxygen atoms in total. The molecule has 0 aliphatic carbocycles. The van der Waals surface area contributed by atoms with E-state index in [9.17, 15) is 18.4 Å². The number of nitrogens with zero attached hydrogens (tertiary/aromatic N) is 3. The Morgan fingerprint density at radius 2 is 1.90 bits per heavy atom. The van der Waals surface area contributed by atoms with Crippen LogP contribution in [0.4, 0.5) is 25.0 Å². The second kappa shape index (κ2) is 8.94. The van der Waals surface area contributed by atoms with Crippen molar-refractivity contribution in [3.8, 4) is 0 Å². The number of benzene rings is 2. The zero-order chi connectivity index (χ0) is 22.0. The summed E-state index contributed by atoms with van der Waals surface area (Å²) in [5.74, 6) is -1.55. The van der Waals surface area contributed by atoms with Crippen molar-refractivity contribution in [1.82, 2.24) is 15.1 Å². The second-order valence-electron chi connectivity index (χ2n) is 6.82. The molecule has 2 N–H and O–H groups in total. The van der Waals surface area contributed by atoms with Crippen molar-refractivity contribution in [2.75, 3.05) is 17.2 Å². The lowest BCUT2D eigenvalue weighted by Crippen LogP contribution is -2.34. The van der Waals surface area contributed by atoms with Gasteiger partial charge in [0.2, 0.25) is 5.01 Å². The Balaban J connectivity index is 1.45. The summed E-state index contributed by atoms with van der Waals surface area (Å²) in [7, 11) is 0. The van der Waals surface area contributed by atoms with Crippen LogP contribution in [0.15, 0.2) is 42.5 Å². The van der Waals surface area contributed by atoms with Gasteiger partial charge in [-0.1, -0.05) is 29.0 Å². The zero-order valence-electron chi connectivity index (χ0n) is 15.9. The third-order valence-electron chi connectivity index (χ3n) is 4.69. The van der Waals surface area contributed by atoms with Crippen molar-refractivity contribution in [2.24, 2.45) is 0 Å². The molecule has 0 radical (unpaired) electrons. The van der Waals surface area contributed by atoms with E-state index in [-0.39, 0.29) is 22.1 Å². The molecule has 31 heavy (non-hydrogen) atoms. The molecule has 1 saturated heterocycles. The van der Waals surface area contributed by atoms with Gasteiger partial charge in [0.15, 0.2) is 0 Å². The molecule has 160 valence electrons. The van der Waals surface area contributed by atoms with Gasteiger partial charge in [-0.25, -0.2) is 13.6 Å². The molecule has 1 fully saturated rings. The molecule has 1 unspecified atom stereocenters. The Labute approximate surface area is 185 Å². The average molecular weight is 464 g/mol. The maximum atomic E-state index is 13.3. The largest absolute Gasteiger partial charge is 0.322 e. The number of halogens is 3. The molecule has 0 spiro atoms. The predicted octanol–water partition coefficient (Wildman–Crippen LogP) is 5.09. The van der Waals surface area contributed by atoms with E-state index < -0.39 is 17.5 Å². The van der Waals surface area contributed by atoms with E-state index in [0.717, 1.165) is 17.8 Å². The molecule has 0 bridgehead atoms. The Hall–Kier alpha value is -3.11. The molecule has 11 heteroatoms. The summed E-state index contributed by atoms with van der Waals surface area (Å²) in [6.07, 6.45) is 1.42. The lowest BCUT2D eigenvalue weighted by molar-refractivity contribution is 0.102. The lowest BCUT2D eigenvalue weighted by atomic mass is 10.2. The average Bonchev–Trinajstić information content (AvgIpc) is 3.40. The monoisotopic (exact) mass is 463 g/mol. The molecule has 0 saturated carbocycles. The summed E-state index contributed by atoms with van der Waals surface area (Å²) in [4.78, 5) is 26.7. The van der Waals surface area contributed by atoms with Crippen molar-refractivity contribution >= 4 is 46.3 Å². The van der Waals surface area contributed by atoms with Gasteiger partial charge in [-0.2, -0.15) is 0 Å². The van der Waals surface area contributed by atoms with Crippen LogP contribution in [0.25, 0.3) is 0 Å². The van der Waals surface area contributed by atoms with E-state index in [2.05, 4.69) is 20.8 Å². The van der Waals surface area contributed by atoms with Crippen LogP contribution in [-0.2, 0) is 0 Å². The number of hydrogen-bond donors (Lipinski definition) is 2. The summed E-state index contributed by atoms with van der Waals surface area (Å²) >= 11 is 6.84. The summed E-state index contributed by atoms with van der Waals surface area (Å²) < 4.78 is 26.6. The zero-order valence-corrected chi connectivity index (χ0v) is 17.5. The summed E-state index contributed by atoms with van der Waals surface area (Å²) in [5.41, 5.74) is 0.677. The van der Waals surface area contributed by atoms with Crippen LogP contribution in [0.2, 0.25) is 5.02 Å². The molecule has 4 rings (SSSR count). The standard InChI is InChI=1S/C20H16ClF2N5O2S/c21-14-10-13(6-7-15(14)23)25-20(30)28-8-2-5-16(28)18-26-27-19(31-18)17(29)24-12-4-1-3-11(22)9-12/h1,3-4,6-7,9-10,16H,2,5,8H2,(H,24,29)(H,25,30). The number of rotatable bonds is 4. The van der Waals surface area contributed by atoms with Crippen LogP contribution < -0.4 is 10.6 Å². The molecule has 3 amide bonds. The Bertz CT molecular complexity index is 1140. The quantitative estimate of drug-likeness (QED) is 0.564. The van der Waals surface area contributed by atoms with Gasteiger partial charge in [-0.3, -0.25) is 4.79 Å². The molecule has 1 aliphatic rings. The van der Waals surface area contributed by atoms with Crippen molar-refractivity contribution in [3.05, 3.63) is 69.1 Å². The topological polar surface area (TPSA) is 87.2 Å². The van der Waals surface area contributed by atoms with Gasteiger partial charge in [-0.05, 0) is 49.2 Å². The highest BCUT2D eigenvalue weighted by Crippen LogP contribution is 2.34. The van der Waals surface area contributed by atoms with Crippen LogP contribution in [0.1, 0.15) is 33.7 Å². The van der Waals surface area contributed by atoms with E-state index in [1.165, 1.54) is 36.4 Å². The third-order valence-corrected chi connectivity index (χ3v) is 6.00. The molecule has 3 aromatic rings. The molecular weight excluding hydrogens is 448 g/mol. The second-order valence-corrected chi connectivity index (χ2v) is 8.24. The number of carbonyl (C=O) groups excluding carboxylic acids is 2. The van der Waals surface area contributed by atoms with E-state index >= 15 is 0 Å². The molecule has 1 aromatic heterocycles. The Kier molecular flexibility index (Phi) is 6.10. The van der Waals surface area contributed by atoms with E-state index in [1.807, 2.05) is 0 Å². The third kappa shape index (κ3) is 4.80. The molecule has 1 atom stereocenters. The first kappa shape index (κ1) is 21.1. The van der Waals surface area contributed by atoms with Crippen LogP contribution >= 0.6 is 22.9 Å². The van der Waals surface area contributed by atoms with Crippen LogP contribution in [0.5, 0.6) is 0 Å².